The highest BCUT2D eigenvalue weighted by molar-refractivity contribution is 14.0. The Labute approximate surface area is 172 Å². The van der Waals surface area contributed by atoms with E-state index in [2.05, 4.69) is 20.6 Å². The van der Waals surface area contributed by atoms with Crippen molar-refractivity contribution < 1.29 is 9.13 Å². The molecule has 0 radical (unpaired) electrons. The van der Waals surface area contributed by atoms with Crippen molar-refractivity contribution in [1.29, 1.82) is 0 Å². The molecule has 1 aliphatic heterocycles. The summed E-state index contributed by atoms with van der Waals surface area (Å²) in [6.07, 6.45) is 6.15. The summed E-state index contributed by atoms with van der Waals surface area (Å²) >= 11 is 0. The third-order valence-electron chi connectivity index (χ3n) is 5.22. The normalized spacial score (nSPS) is 21.3. The van der Waals surface area contributed by atoms with Crippen molar-refractivity contribution in [2.75, 3.05) is 45.3 Å². The van der Waals surface area contributed by atoms with Gasteiger partial charge in [-0.1, -0.05) is 0 Å². The standard InChI is InChI=1S/C18H28FN5O.HI/c1-20-17(22-13-18(6-7-18)8-11-25-2)23-14-5-10-24(12-14)16-15(19)4-3-9-21-16;/h3-4,9,14H,5-8,10-13H2,1-2H3,(H2,20,22,23);1H. The summed E-state index contributed by atoms with van der Waals surface area (Å²) in [5.41, 5.74) is 0.367. The predicted molar refractivity (Wildman–Crippen MR) is 113 cm³/mol. The van der Waals surface area contributed by atoms with Crippen molar-refractivity contribution in [3.63, 3.8) is 0 Å². The number of guanidine groups is 1. The van der Waals surface area contributed by atoms with E-state index in [1.165, 1.54) is 18.9 Å². The van der Waals surface area contributed by atoms with Gasteiger partial charge in [0.25, 0.3) is 0 Å². The first-order valence-electron chi connectivity index (χ1n) is 8.97. The molecule has 0 bridgehead atoms. The van der Waals surface area contributed by atoms with E-state index in [0.717, 1.165) is 45.0 Å². The Kier molecular flexibility index (Phi) is 7.87. The lowest BCUT2D eigenvalue weighted by molar-refractivity contribution is 0.172. The highest BCUT2D eigenvalue weighted by Gasteiger charge is 2.42. The minimum absolute atomic E-state index is 0. The number of methoxy groups -OCH3 is 1. The SMILES string of the molecule is CN=C(NCC1(CCOC)CC1)NC1CCN(c2ncccc2F)C1.I. The molecule has 1 aromatic rings. The van der Waals surface area contributed by atoms with Crippen LogP contribution < -0.4 is 15.5 Å². The molecule has 146 valence electrons. The van der Waals surface area contributed by atoms with Crippen LogP contribution in [-0.4, -0.2) is 57.4 Å². The van der Waals surface area contributed by atoms with Crippen molar-refractivity contribution in [2.45, 2.75) is 31.7 Å². The number of ether oxygens (including phenoxy) is 1. The molecule has 26 heavy (non-hydrogen) atoms. The fourth-order valence-corrected chi connectivity index (χ4v) is 3.35. The maximum Gasteiger partial charge on any atom is 0.191 e. The van der Waals surface area contributed by atoms with Gasteiger partial charge in [0, 0.05) is 52.6 Å². The minimum Gasteiger partial charge on any atom is -0.385 e. The summed E-state index contributed by atoms with van der Waals surface area (Å²) in [6, 6.07) is 3.31. The maximum absolute atomic E-state index is 13.9. The van der Waals surface area contributed by atoms with Crippen molar-refractivity contribution >= 4 is 35.8 Å². The molecule has 1 aromatic heterocycles. The Bertz CT molecular complexity index is 611. The second-order valence-corrected chi connectivity index (χ2v) is 7.05. The van der Waals surface area contributed by atoms with Gasteiger partial charge in [-0.15, -0.1) is 24.0 Å². The van der Waals surface area contributed by atoms with Crippen molar-refractivity contribution in [3.8, 4) is 0 Å². The minimum atomic E-state index is -0.264. The molecule has 3 rings (SSSR count). The molecule has 1 saturated heterocycles. The fraction of sp³-hybridized carbons (Fsp3) is 0.667. The van der Waals surface area contributed by atoms with E-state index in [1.807, 2.05) is 4.90 Å². The lowest BCUT2D eigenvalue weighted by atomic mass is 10.0. The van der Waals surface area contributed by atoms with E-state index in [0.29, 0.717) is 11.2 Å². The van der Waals surface area contributed by atoms with E-state index in [1.54, 1.807) is 26.4 Å². The Morgan fingerprint density at radius 2 is 2.31 bits per heavy atom. The summed E-state index contributed by atoms with van der Waals surface area (Å²) in [7, 11) is 3.54. The summed E-state index contributed by atoms with van der Waals surface area (Å²) in [4.78, 5) is 10.5. The van der Waals surface area contributed by atoms with Crippen LogP contribution in [0.4, 0.5) is 10.2 Å². The smallest absolute Gasteiger partial charge is 0.191 e. The first kappa shape index (κ1) is 21.1. The zero-order chi connectivity index (χ0) is 17.7. The van der Waals surface area contributed by atoms with Gasteiger partial charge >= 0.3 is 0 Å². The lowest BCUT2D eigenvalue weighted by Crippen LogP contribution is -2.46. The van der Waals surface area contributed by atoms with Gasteiger partial charge in [-0.3, -0.25) is 4.99 Å². The molecule has 0 spiro atoms. The van der Waals surface area contributed by atoms with Gasteiger partial charge in [0.05, 0.1) is 0 Å². The lowest BCUT2D eigenvalue weighted by Gasteiger charge is -2.22. The van der Waals surface area contributed by atoms with E-state index >= 15 is 0 Å². The molecule has 1 unspecified atom stereocenters. The molecule has 0 aromatic carbocycles. The highest BCUT2D eigenvalue weighted by Crippen LogP contribution is 2.48. The van der Waals surface area contributed by atoms with Crippen LogP contribution in [0.2, 0.25) is 0 Å². The largest absolute Gasteiger partial charge is 0.385 e. The summed E-state index contributed by atoms with van der Waals surface area (Å²) in [6.45, 7) is 3.24. The molecule has 1 aliphatic carbocycles. The number of halogens is 2. The van der Waals surface area contributed by atoms with Crippen LogP contribution in [0.5, 0.6) is 0 Å². The highest BCUT2D eigenvalue weighted by atomic mass is 127. The Balaban J connectivity index is 0.00000243. The Morgan fingerprint density at radius 1 is 1.50 bits per heavy atom. The van der Waals surface area contributed by atoms with Gasteiger partial charge < -0.3 is 20.3 Å². The van der Waals surface area contributed by atoms with E-state index < -0.39 is 0 Å². The van der Waals surface area contributed by atoms with Crippen LogP contribution in [-0.2, 0) is 4.74 Å². The van der Waals surface area contributed by atoms with Gasteiger partial charge in [0.1, 0.15) is 0 Å². The molecule has 2 N–H and O–H groups in total. The topological polar surface area (TPSA) is 61.8 Å². The molecule has 8 heteroatoms. The first-order valence-corrected chi connectivity index (χ1v) is 8.97. The number of aromatic nitrogens is 1. The monoisotopic (exact) mass is 477 g/mol. The number of hydrogen-bond donors (Lipinski definition) is 2. The number of nitrogens with zero attached hydrogens (tertiary/aromatic N) is 3. The van der Waals surface area contributed by atoms with Crippen molar-refractivity contribution in [1.82, 2.24) is 15.6 Å². The van der Waals surface area contributed by atoms with Crippen LogP contribution in [0, 0.1) is 11.2 Å². The molecule has 0 amide bonds. The zero-order valence-electron chi connectivity index (χ0n) is 15.5. The number of hydrogen-bond acceptors (Lipinski definition) is 4. The van der Waals surface area contributed by atoms with Crippen LogP contribution in [0.3, 0.4) is 0 Å². The number of rotatable bonds is 7. The summed E-state index contributed by atoms with van der Waals surface area (Å²) < 4.78 is 19.1. The molecule has 1 atom stereocenters. The molecular formula is C18H29FIN5O. The molecule has 2 heterocycles. The summed E-state index contributed by atoms with van der Waals surface area (Å²) in [5.74, 6) is 0.989. The maximum atomic E-state index is 13.9. The molecule has 6 nitrogen and oxygen atoms in total. The van der Waals surface area contributed by atoms with E-state index in [9.17, 15) is 4.39 Å². The average molecular weight is 477 g/mol. The van der Waals surface area contributed by atoms with E-state index in [4.69, 9.17) is 4.74 Å². The number of anilines is 1. The van der Waals surface area contributed by atoms with Crippen LogP contribution >= 0.6 is 24.0 Å². The Morgan fingerprint density at radius 3 is 2.96 bits per heavy atom. The third kappa shape index (κ3) is 5.42. The predicted octanol–water partition coefficient (Wildman–Crippen LogP) is 2.40. The Hall–Kier alpha value is -1.16. The van der Waals surface area contributed by atoms with Gasteiger partial charge in [0.15, 0.2) is 17.6 Å². The van der Waals surface area contributed by atoms with Crippen LogP contribution in [0.25, 0.3) is 0 Å². The zero-order valence-corrected chi connectivity index (χ0v) is 17.8. The van der Waals surface area contributed by atoms with Gasteiger partial charge in [-0.25, -0.2) is 9.37 Å². The molecule has 2 fully saturated rings. The molecular weight excluding hydrogens is 448 g/mol. The molecule has 1 saturated carbocycles. The van der Waals surface area contributed by atoms with E-state index in [-0.39, 0.29) is 35.8 Å². The average Bonchev–Trinajstić information content (AvgIpc) is 3.25. The first-order chi connectivity index (χ1) is 12.2. The third-order valence-corrected chi connectivity index (χ3v) is 5.22. The van der Waals surface area contributed by atoms with Gasteiger partial charge in [-0.05, 0) is 43.2 Å². The fourth-order valence-electron chi connectivity index (χ4n) is 3.35. The molecule has 2 aliphatic rings. The summed E-state index contributed by atoms with van der Waals surface area (Å²) in [5, 5.41) is 6.91. The number of aliphatic imine (C=N–C) groups is 1. The van der Waals surface area contributed by atoms with Gasteiger partial charge in [0.2, 0.25) is 0 Å². The second kappa shape index (κ2) is 9.68. The van der Waals surface area contributed by atoms with Crippen LogP contribution in [0.1, 0.15) is 25.7 Å². The van der Waals surface area contributed by atoms with Gasteiger partial charge in [-0.2, -0.15) is 0 Å². The van der Waals surface area contributed by atoms with Crippen molar-refractivity contribution in [3.05, 3.63) is 24.1 Å². The number of pyridine rings is 1. The quantitative estimate of drug-likeness (QED) is 0.359. The second-order valence-electron chi connectivity index (χ2n) is 7.05. The van der Waals surface area contributed by atoms with Crippen molar-refractivity contribution in [2.24, 2.45) is 10.4 Å². The van der Waals surface area contributed by atoms with Crippen LogP contribution in [0.15, 0.2) is 23.3 Å². The number of nitrogens with one attached hydrogen (secondary N) is 2.